The van der Waals surface area contributed by atoms with Gasteiger partial charge in [0.1, 0.15) is 11.0 Å². The lowest BCUT2D eigenvalue weighted by molar-refractivity contribution is 0.485. The highest BCUT2D eigenvalue weighted by molar-refractivity contribution is 7.98. The van der Waals surface area contributed by atoms with E-state index >= 15 is 0 Å². The van der Waals surface area contributed by atoms with Crippen LogP contribution in [0.5, 0.6) is 0 Å². The number of nitrogens with one attached hydrogen (secondary N) is 1. The molecule has 94 valence electrons. The number of halogens is 1. The first kappa shape index (κ1) is 13.0. The molecule has 1 saturated carbocycles. The largest absolute Gasteiger partial charge is 0.369 e. The lowest BCUT2D eigenvalue weighted by Gasteiger charge is -2.15. The number of hydrogen-bond donors (Lipinski definition) is 1. The molecule has 3 nitrogen and oxygen atoms in total. The Morgan fingerprint density at radius 3 is 2.82 bits per heavy atom. The monoisotopic (exact) mass is 271 g/mol. The van der Waals surface area contributed by atoms with Crippen LogP contribution in [-0.4, -0.2) is 22.8 Å². The number of hydrogen-bond acceptors (Lipinski definition) is 4. The fourth-order valence-corrected chi connectivity index (χ4v) is 2.69. The first-order valence-corrected chi connectivity index (χ1v) is 7.60. The highest BCUT2D eigenvalue weighted by Gasteiger charge is 2.41. The zero-order valence-electron chi connectivity index (χ0n) is 10.3. The smallest absolute Gasteiger partial charge is 0.190 e. The number of nitrogens with zero attached hydrogens (tertiary/aromatic N) is 2. The van der Waals surface area contributed by atoms with E-state index in [0.29, 0.717) is 10.6 Å². The minimum atomic E-state index is 0.507. The van der Waals surface area contributed by atoms with Crippen molar-refractivity contribution in [3.05, 3.63) is 11.2 Å². The molecule has 1 fully saturated rings. The van der Waals surface area contributed by atoms with Crippen molar-refractivity contribution in [3.63, 3.8) is 0 Å². The molecule has 5 heteroatoms. The van der Waals surface area contributed by atoms with Crippen molar-refractivity contribution in [2.45, 2.75) is 37.8 Å². The summed E-state index contributed by atoms with van der Waals surface area (Å²) in [6.07, 6.45) is 7.18. The summed E-state index contributed by atoms with van der Waals surface area (Å²) in [5.74, 6) is 0.844. The van der Waals surface area contributed by atoms with Crippen molar-refractivity contribution >= 4 is 29.2 Å². The highest BCUT2D eigenvalue weighted by Crippen LogP contribution is 2.49. The first-order valence-electron chi connectivity index (χ1n) is 6.00. The Kier molecular flexibility index (Phi) is 4.15. The first-order chi connectivity index (χ1) is 8.17. The van der Waals surface area contributed by atoms with Gasteiger partial charge in [-0.15, -0.1) is 0 Å². The van der Waals surface area contributed by atoms with E-state index in [4.69, 9.17) is 11.6 Å². The molecule has 2 rings (SSSR count). The van der Waals surface area contributed by atoms with Gasteiger partial charge >= 0.3 is 0 Å². The van der Waals surface area contributed by atoms with Crippen LogP contribution < -0.4 is 5.32 Å². The van der Waals surface area contributed by atoms with E-state index in [9.17, 15) is 0 Å². The van der Waals surface area contributed by atoms with Gasteiger partial charge in [-0.1, -0.05) is 36.7 Å². The lowest BCUT2D eigenvalue weighted by atomic mass is 10.0. The average Bonchev–Trinajstić information content (AvgIpc) is 3.07. The van der Waals surface area contributed by atoms with Gasteiger partial charge in [-0.3, -0.25) is 0 Å². The quantitative estimate of drug-likeness (QED) is 0.485. The Labute approximate surface area is 112 Å². The van der Waals surface area contributed by atoms with E-state index < -0.39 is 0 Å². The second-order valence-corrected chi connectivity index (χ2v) is 5.83. The Balaban J connectivity index is 1.97. The summed E-state index contributed by atoms with van der Waals surface area (Å²) in [7, 11) is 0. The van der Waals surface area contributed by atoms with Gasteiger partial charge in [0.05, 0.1) is 0 Å². The van der Waals surface area contributed by atoms with Crippen LogP contribution >= 0.6 is 23.4 Å². The zero-order valence-corrected chi connectivity index (χ0v) is 11.9. The molecule has 1 aliphatic rings. The summed E-state index contributed by atoms with van der Waals surface area (Å²) in [6.45, 7) is 3.25. The maximum Gasteiger partial charge on any atom is 0.190 e. The number of thioether (sulfide) groups is 1. The van der Waals surface area contributed by atoms with E-state index in [-0.39, 0.29) is 0 Å². The molecule has 1 heterocycles. The van der Waals surface area contributed by atoms with Crippen molar-refractivity contribution in [1.82, 2.24) is 9.97 Å². The standard InChI is InChI=1S/C12H18ClN3S/c1-3-4-12(5-6-12)8-14-10-7-9(13)15-11(16-10)17-2/h7H,3-6,8H2,1-2H3,(H,14,15,16). The van der Waals surface area contributed by atoms with Crippen LogP contribution in [0.4, 0.5) is 5.82 Å². The Morgan fingerprint density at radius 2 is 2.24 bits per heavy atom. The molecule has 1 aromatic heterocycles. The van der Waals surface area contributed by atoms with Crippen molar-refractivity contribution in [2.75, 3.05) is 18.1 Å². The van der Waals surface area contributed by atoms with Crippen LogP contribution in [0.1, 0.15) is 32.6 Å². The van der Waals surface area contributed by atoms with Gasteiger partial charge in [0.15, 0.2) is 5.16 Å². The van der Waals surface area contributed by atoms with Gasteiger partial charge in [0.25, 0.3) is 0 Å². The number of anilines is 1. The molecule has 0 unspecified atom stereocenters. The van der Waals surface area contributed by atoms with Gasteiger partial charge in [0, 0.05) is 12.6 Å². The van der Waals surface area contributed by atoms with E-state index in [2.05, 4.69) is 22.2 Å². The number of aromatic nitrogens is 2. The molecule has 0 spiro atoms. The molecule has 1 aromatic rings. The molecule has 0 atom stereocenters. The molecule has 1 N–H and O–H groups in total. The summed E-state index contributed by atoms with van der Waals surface area (Å²) >= 11 is 7.46. The van der Waals surface area contributed by atoms with E-state index in [1.165, 1.54) is 37.4 Å². The van der Waals surface area contributed by atoms with Crippen molar-refractivity contribution < 1.29 is 0 Å². The van der Waals surface area contributed by atoms with E-state index in [1.54, 1.807) is 6.07 Å². The van der Waals surface area contributed by atoms with Gasteiger partial charge in [-0.25, -0.2) is 9.97 Å². The Hall–Kier alpha value is -0.480. The predicted molar refractivity (Wildman–Crippen MR) is 73.9 cm³/mol. The molecular weight excluding hydrogens is 254 g/mol. The molecule has 0 saturated heterocycles. The molecule has 0 aromatic carbocycles. The SMILES string of the molecule is CCCC1(CNc2cc(Cl)nc(SC)n2)CC1. The summed E-state index contributed by atoms with van der Waals surface area (Å²) in [4.78, 5) is 8.53. The maximum absolute atomic E-state index is 5.95. The van der Waals surface area contributed by atoms with Gasteiger partial charge in [-0.2, -0.15) is 0 Å². The lowest BCUT2D eigenvalue weighted by Crippen LogP contribution is -2.16. The average molecular weight is 272 g/mol. The third kappa shape index (κ3) is 3.49. The van der Waals surface area contributed by atoms with Crippen LogP contribution in [0, 0.1) is 5.41 Å². The summed E-state index contributed by atoms with van der Waals surface area (Å²) in [6, 6.07) is 1.79. The van der Waals surface area contributed by atoms with Crippen molar-refractivity contribution in [1.29, 1.82) is 0 Å². The predicted octanol–water partition coefficient (Wildman–Crippen LogP) is 3.84. The van der Waals surface area contributed by atoms with Crippen LogP contribution in [0.3, 0.4) is 0 Å². The Morgan fingerprint density at radius 1 is 1.47 bits per heavy atom. The normalized spacial score (nSPS) is 16.9. The Bertz CT molecular complexity index is 393. The third-order valence-electron chi connectivity index (χ3n) is 3.24. The van der Waals surface area contributed by atoms with Gasteiger partial charge in [0.2, 0.25) is 0 Å². The molecule has 1 aliphatic carbocycles. The molecule has 0 aliphatic heterocycles. The highest BCUT2D eigenvalue weighted by atomic mass is 35.5. The van der Waals surface area contributed by atoms with Crippen LogP contribution in [0.2, 0.25) is 5.15 Å². The van der Waals surface area contributed by atoms with Crippen LogP contribution in [-0.2, 0) is 0 Å². The fourth-order valence-electron chi connectivity index (χ4n) is 2.08. The fraction of sp³-hybridized carbons (Fsp3) is 0.667. The molecule has 0 bridgehead atoms. The topological polar surface area (TPSA) is 37.8 Å². The second-order valence-electron chi connectivity index (χ2n) is 4.67. The van der Waals surface area contributed by atoms with Crippen LogP contribution in [0.25, 0.3) is 0 Å². The summed E-state index contributed by atoms with van der Waals surface area (Å²) < 4.78 is 0. The van der Waals surface area contributed by atoms with Gasteiger partial charge < -0.3 is 5.32 Å². The van der Waals surface area contributed by atoms with Crippen molar-refractivity contribution in [3.8, 4) is 0 Å². The molecule has 0 radical (unpaired) electrons. The van der Waals surface area contributed by atoms with E-state index in [1.807, 2.05) is 6.26 Å². The van der Waals surface area contributed by atoms with Crippen molar-refractivity contribution in [2.24, 2.45) is 5.41 Å². The summed E-state index contributed by atoms with van der Waals surface area (Å²) in [5, 5.41) is 4.63. The zero-order chi connectivity index (χ0) is 12.3. The molecular formula is C12H18ClN3S. The second kappa shape index (κ2) is 5.44. The minimum Gasteiger partial charge on any atom is -0.369 e. The van der Waals surface area contributed by atoms with Crippen LogP contribution in [0.15, 0.2) is 11.2 Å². The summed E-state index contributed by atoms with van der Waals surface area (Å²) in [5.41, 5.74) is 0.520. The third-order valence-corrected chi connectivity index (χ3v) is 3.98. The van der Waals surface area contributed by atoms with Gasteiger partial charge in [-0.05, 0) is 30.9 Å². The number of rotatable bonds is 6. The minimum absolute atomic E-state index is 0.507. The molecule has 0 amide bonds. The molecule has 17 heavy (non-hydrogen) atoms. The maximum atomic E-state index is 5.95. The van der Waals surface area contributed by atoms with E-state index in [0.717, 1.165) is 17.5 Å².